The normalized spacial score (nSPS) is 20.3. The molecular weight excluding hydrogens is 346 g/mol. The van der Waals surface area contributed by atoms with E-state index in [0.717, 1.165) is 16.6 Å². The SMILES string of the molecule is CCOC(=O)C1=C(C)N=C(SCC(N)=O)[C@@H](C#N)[C@H]1c1cccs1. The Morgan fingerprint density at radius 2 is 2.29 bits per heavy atom. The molecule has 2 N–H and O–H groups in total. The zero-order chi connectivity index (χ0) is 17.7. The van der Waals surface area contributed by atoms with Crippen LogP contribution in [0, 0.1) is 17.2 Å². The van der Waals surface area contributed by atoms with Crippen LogP contribution in [0.4, 0.5) is 0 Å². The predicted molar refractivity (Wildman–Crippen MR) is 94.6 cm³/mol. The van der Waals surface area contributed by atoms with Crippen LogP contribution in [0.1, 0.15) is 24.6 Å². The van der Waals surface area contributed by atoms with Crippen molar-refractivity contribution in [2.75, 3.05) is 12.4 Å². The van der Waals surface area contributed by atoms with E-state index in [4.69, 9.17) is 10.5 Å². The van der Waals surface area contributed by atoms with E-state index in [1.54, 1.807) is 13.8 Å². The molecule has 2 atom stereocenters. The number of rotatable bonds is 5. The summed E-state index contributed by atoms with van der Waals surface area (Å²) >= 11 is 2.61. The van der Waals surface area contributed by atoms with Crippen LogP contribution in [-0.4, -0.2) is 29.3 Å². The maximum absolute atomic E-state index is 12.4. The van der Waals surface area contributed by atoms with Gasteiger partial charge in [0, 0.05) is 16.5 Å². The van der Waals surface area contributed by atoms with Crippen LogP contribution in [0.15, 0.2) is 33.8 Å². The first-order valence-corrected chi connectivity index (χ1v) is 9.16. The summed E-state index contributed by atoms with van der Waals surface area (Å²) in [6.07, 6.45) is 0. The van der Waals surface area contributed by atoms with E-state index in [0.29, 0.717) is 16.3 Å². The first-order chi connectivity index (χ1) is 11.5. The Morgan fingerprint density at radius 3 is 2.83 bits per heavy atom. The second-order valence-corrected chi connectivity index (χ2v) is 7.00. The third-order valence-electron chi connectivity index (χ3n) is 3.42. The number of amides is 1. The summed E-state index contributed by atoms with van der Waals surface area (Å²) in [5, 5.41) is 12.1. The molecule has 1 amide bonds. The number of hydrogen-bond acceptors (Lipinski definition) is 7. The zero-order valence-electron chi connectivity index (χ0n) is 13.3. The average Bonchev–Trinajstić information content (AvgIpc) is 3.06. The summed E-state index contributed by atoms with van der Waals surface area (Å²) in [6, 6.07) is 5.98. The topological polar surface area (TPSA) is 106 Å². The highest BCUT2D eigenvalue weighted by Gasteiger charge is 2.40. The molecule has 0 spiro atoms. The Bertz CT molecular complexity index is 732. The van der Waals surface area contributed by atoms with Gasteiger partial charge in [0.15, 0.2) is 0 Å². The van der Waals surface area contributed by atoms with Crippen molar-refractivity contribution in [2.24, 2.45) is 16.6 Å². The molecule has 0 unspecified atom stereocenters. The molecule has 2 rings (SSSR count). The highest BCUT2D eigenvalue weighted by atomic mass is 32.2. The van der Waals surface area contributed by atoms with Gasteiger partial charge in [-0.15, -0.1) is 11.3 Å². The van der Waals surface area contributed by atoms with Gasteiger partial charge in [-0.2, -0.15) is 5.26 Å². The minimum atomic E-state index is -0.656. The molecule has 6 nitrogen and oxygen atoms in total. The number of ether oxygens (including phenoxy) is 1. The van der Waals surface area contributed by atoms with Crippen molar-refractivity contribution in [3.63, 3.8) is 0 Å². The van der Waals surface area contributed by atoms with E-state index < -0.39 is 23.7 Å². The Balaban J connectivity index is 2.50. The van der Waals surface area contributed by atoms with Crippen molar-refractivity contribution in [1.29, 1.82) is 5.26 Å². The number of thiophene rings is 1. The van der Waals surface area contributed by atoms with E-state index in [1.807, 2.05) is 17.5 Å². The molecule has 1 aromatic rings. The molecule has 0 saturated heterocycles. The smallest absolute Gasteiger partial charge is 0.336 e. The van der Waals surface area contributed by atoms with Gasteiger partial charge in [0.25, 0.3) is 0 Å². The standard InChI is InChI=1S/C16H17N3O3S2/c1-3-22-16(21)13-9(2)19-15(24-8-12(18)20)10(7-17)14(13)11-5-4-6-23-11/h4-6,10,14H,3,8H2,1-2H3,(H2,18,20)/t10-,14-/m0/s1. The number of carbonyl (C=O) groups excluding carboxylic acids is 2. The first-order valence-electron chi connectivity index (χ1n) is 7.30. The van der Waals surface area contributed by atoms with Gasteiger partial charge in [-0.25, -0.2) is 9.79 Å². The number of thioether (sulfide) groups is 1. The Hall–Kier alpha value is -2.11. The fraction of sp³-hybridized carbons (Fsp3) is 0.375. The molecule has 1 aliphatic heterocycles. The largest absolute Gasteiger partial charge is 0.463 e. The van der Waals surface area contributed by atoms with Crippen molar-refractivity contribution < 1.29 is 14.3 Å². The van der Waals surface area contributed by atoms with Crippen LogP contribution in [0.25, 0.3) is 0 Å². The van der Waals surface area contributed by atoms with Crippen molar-refractivity contribution >= 4 is 40.0 Å². The van der Waals surface area contributed by atoms with E-state index >= 15 is 0 Å². The monoisotopic (exact) mass is 363 g/mol. The number of carbonyl (C=O) groups is 2. The van der Waals surface area contributed by atoms with Crippen molar-refractivity contribution in [2.45, 2.75) is 19.8 Å². The van der Waals surface area contributed by atoms with Crippen LogP contribution in [0.3, 0.4) is 0 Å². The molecule has 0 aliphatic carbocycles. The predicted octanol–water partition coefficient (Wildman–Crippen LogP) is 2.44. The number of nitrogens with zero attached hydrogens (tertiary/aromatic N) is 2. The molecule has 1 aliphatic rings. The summed E-state index contributed by atoms with van der Waals surface area (Å²) in [5.74, 6) is -2.02. The van der Waals surface area contributed by atoms with Crippen LogP contribution < -0.4 is 5.73 Å². The summed E-state index contributed by atoms with van der Waals surface area (Å²) in [7, 11) is 0. The third kappa shape index (κ3) is 3.86. The molecule has 0 bridgehead atoms. The first kappa shape index (κ1) is 18.2. The molecule has 8 heteroatoms. The number of hydrogen-bond donors (Lipinski definition) is 1. The lowest BCUT2D eigenvalue weighted by molar-refractivity contribution is -0.139. The van der Waals surface area contributed by atoms with Crippen LogP contribution in [0.2, 0.25) is 0 Å². The molecule has 126 valence electrons. The molecule has 1 aromatic heterocycles. The fourth-order valence-electron chi connectivity index (χ4n) is 2.48. The number of allylic oxidation sites excluding steroid dienone is 1. The maximum Gasteiger partial charge on any atom is 0.336 e. The molecule has 0 aromatic carbocycles. The van der Waals surface area contributed by atoms with Gasteiger partial charge in [0.1, 0.15) is 5.92 Å². The lowest BCUT2D eigenvalue weighted by Gasteiger charge is -2.28. The molecule has 24 heavy (non-hydrogen) atoms. The van der Waals surface area contributed by atoms with Crippen molar-refractivity contribution in [3.8, 4) is 6.07 Å². The summed E-state index contributed by atoms with van der Waals surface area (Å²) in [6.45, 7) is 3.69. The second-order valence-electron chi connectivity index (χ2n) is 5.02. The Morgan fingerprint density at radius 1 is 1.54 bits per heavy atom. The van der Waals surface area contributed by atoms with Gasteiger partial charge >= 0.3 is 5.97 Å². The number of nitriles is 1. The van der Waals surface area contributed by atoms with E-state index in [1.165, 1.54) is 11.3 Å². The zero-order valence-corrected chi connectivity index (χ0v) is 14.9. The van der Waals surface area contributed by atoms with E-state index in [2.05, 4.69) is 11.1 Å². The fourth-order valence-corrected chi connectivity index (χ4v) is 4.22. The molecule has 0 radical (unpaired) electrons. The van der Waals surface area contributed by atoms with Gasteiger partial charge in [0.2, 0.25) is 5.91 Å². The summed E-state index contributed by atoms with van der Waals surface area (Å²) in [5.41, 5.74) is 6.10. The highest BCUT2D eigenvalue weighted by molar-refractivity contribution is 8.14. The van der Waals surface area contributed by atoms with Crippen LogP contribution in [-0.2, 0) is 14.3 Å². The van der Waals surface area contributed by atoms with Crippen molar-refractivity contribution in [1.82, 2.24) is 0 Å². The van der Waals surface area contributed by atoms with Gasteiger partial charge in [-0.1, -0.05) is 17.8 Å². The van der Waals surface area contributed by atoms with E-state index in [9.17, 15) is 14.9 Å². The molecule has 0 saturated carbocycles. The second kappa shape index (κ2) is 8.13. The number of primary amides is 1. The maximum atomic E-state index is 12.4. The lowest BCUT2D eigenvalue weighted by Crippen LogP contribution is -2.30. The Kier molecular flexibility index (Phi) is 6.17. The third-order valence-corrected chi connectivity index (χ3v) is 5.45. The van der Waals surface area contributed by atoms with Crippen LogP contribution >= 0.6 is 23.1 Å². The highest BCUT2D eigenvalue weighted by Crippen LogP contribution is 2.42. The number of esters is 1. The summed E-state index contributed by atoms with van der Waals surface area (Å²) in [4.78, 5) is 28.7. The van der Waals surface area contributed by atoms with Gasteiger partial charge in [0.05, 0.1) is 29.0 Å². The Labute approximate surface area is 148 Å². The van der Waals surface area contributed by atoms with Crippen LogP contribution in [0.5, 0.6) is 0 Å². The summed E-state index contributed by atoms with van der Waals surface area (Å²) < 4.78 is 5.15. The van der Waals surface area contributed by atoms with Gasteiger partial charge < -0.3 is 10.5 Å². The molecule has 2 heterocycles. The quantitative estimate of drug-likeness (QED) is 0.809. The minimum absolute atomic E-state index is 0.0379. The van der Waals surface area contributed by atoms with Gasteiger partial charge in [-0.05, 0) is 25.3 Å². The number of aliphatic imine (C=N–C) groups is 1. The number of nitrogens with two attached hydrogens (primary N) is 1. The van der Waals surface area contributed by atoms with Gasteiger partial charge in [-0.3, -0.25) is 4.79 Å². The molecule has 0 fully saturated rings. The lowest BCUT2D eigenvalue weighted by atomic mass is 9.83. The average molecular weight is 363 g/mol. The van der Waals surface area contributed by atoms with Crippen molar-refractivity contribution in [3.05, 3.63) is 33.7 Å². The molecular formula is C16H17N3O3S2. The minimum Gasteiger partial charge on any atom is -0.463 e. The van der Waals surface area contributed by atoms with E-state index in [-0.39, 0.29) is 12.4 Å².